The van der Waals surface area contributed by atoms with Crippen LogP contribution in [-0.2, 0) is 32.9 Å². The van der Waals surface area contributed by atoms with Crippen molar-refractivity contribution in [3.63, 3.8) is 0 Å². The molecule has 0 N–H and O–H groups in total. The lowest BCUT2D eigenvalue weighted by Gasteiger charge is -2.23. The molecular formula is C21H18N4O5S. The molecule has 2 aromatic carbocycles. The average molecular weight is 438 g/mol. The molecule has 9 nitrogen and oxygen atoms in total. The Hall–Kier alpha value is -3.79. The van der Waals surface area contributed by atoms with E-state index in [1.807, 2.05) is 36.4 Å². The second kappa shape index (κ2) is 8.52. The first kappa shape index (κ1) is 20.5. The number of ether oxygens (including phenoxy) is 1. The monoisotopic (exact) mass is 438 g/mol. The molecule has 10 heteroatoms. The van der Waals surface area contributed by atoms with Gasteiger partial charge in [-0.05, 0) is 24.6 Å². The molecule has 0 spiro atoms. The SMILES string of the molecule is CC1=NS(=O)(=O)N(Cc2ccccc2)C=C1C(=O)OCc1noc(-c2ccccc2)n1. The van der Waals surface area contributed by atoms with Gasteiger partial charge in [0.1, 0.15) is 0 Å². The highest BCUT2D eigenvalue weighted by Gasteiger charge is 2.29. The molecule has 158 valence electrons. The molecule has 0 aliphatic carbocycles. The van der Waals surface area contributed by atoms with Crippen molar-refractivity contribution in [3.8, 4) is 11.5 Å². The maximum absolute atomic E-state index is 12.6. The van der Waals surface area contributed by atoms with Crippen molar-refractivity contribution in [2.75, 3.05) is 0 Å². The standard InChI is InChI=1S/C21H18N4O5S/c1-15-18(13-25(31(27,28)24-15)12-16-8-4-2-5-9-16)21(26)29-14-19-22-20(30-23-19)17-10-6-3-7-11-17/h2-11,13H,12,14H2,1H3. The van der Waals surface area contributed by atoms with Gasteiger partial charge in [0.05, 0.1) is 17.8 Å². The minimum Gasteiger partial charge on any atom is -0.454 e. The zero-order chi connectivity index (χ0) is 21.8. The van der Waals surface area contributed by atoms with E-state index in [0.29, 0.717) is 5.89 Å². The fourth-order valence-corrected chi connectivity index (χ4v) is 3.99. The molecule has 31 heavy (non-hydrogen) atoms. The third-order valence-electron chi connectivity index (χ3n) is 4.43. The number of carbonyl (C=O) groups excluding carboxylic acids is 1. The van der Waals surface area contributed by atoms with Crippen molar-refractivity contribution in [1.82, 2.24) is 14.4 Å². The van der Waals surface area contributed by atoms with Crippen molar-refractivity contribution < 1.29 is 22.5 Å². The third kappa shape index (κ3) is 4.69. The molecule has 0 saturated carbocycles. The largest absolute Gasteiger partial charge is 0.454 e. The zero-order valence-electron chi connectivity index (χ0n) is 16.5. The Balaban J connectivity index is 1.47. The lowest BCUT2D eigenvalue weighted by molar-refractivity contribution is -0.140. The van der Waals surface area contributed by atoms with Crippen molar-refractivity contribution in [2.24, 2.45) is 4.40 Å². The van der Waals surface area contributed by atoms with E-state index < -0.39 is 16.2 Å². The molecule has 2 heterocycles. The van der Waals surface area contributed by atoms with E-state index >= 15 is 0 Å². The molecule has 0 unspecified atom stereocenters. The van der Waals surface area contributed by atoms with Crippen LogP contribution in [0.4, 0.5) is 0 Å². The average Bonchev–Trinajstić information content (AvgIpc) is 3.24. The summed E-state index contributed by atoms with van der Waals surface area (Å²) in [5, 5.41) is 3.80. The quantitative estimate of drug-likeness (QED) is 0.544. The summed E-state index contributed by atoms with van der Waals surface area (Å²) < 4.78 is 39.9. The van der Waals surface area contributed by atoms with Gasteiger partial charge in [0.15, 0.2) is 6.61 Å². The molecule has 1 aromatic heterocycles. The molecule has 0 bridgehead atoms. The number of benzene rings is 2. The number of hydrogen-bond donors (Lipinski definition) is 0. The second-order valence-electron chi connectivity index (χ2n) is 6.69. The molecule has 0 fully saturated rings. The van der Waals surface area contributed by atoms with Crippen LogP contribution in [0.1, 0.15) is 18.3 Å². The molecular weight excluding hydrogens is 420 g/mol. The van der Waals surface area contributed by atoms with E-state index in [9.17, 15) is 13.2 Å². The maximum atomic E-state index is 12.6. The van der Waals surface area contributed by atoms with E-state index in [-0.39, 0.29) is 30.3 Å². The van der Waals surface area contributed by atoms with Crippen LogP contribution < -0.4 is 0 Å². The van der Waals surface area contributed by atoms with Gasteiger partial charge in [-0.15, -0.1) is 4.40 Å². The summed E-state index contributed by atoms with van der Waals surface area (Å²) in [6.45, 7) is 1.25. The van der Waals surface area contributed by atoms with Crippen molar-refractivity contribution >= 4 is 21.9 Å². The Kier molecular flexibility index (Phi) is 5.63. The van der Waals surface area contributed by atoms with E-state index in [1.54, 1.807) is 24.3 Å². The van der Waals surface area contributed by atoms with Crippen LogP contribution in [0, 0.1) is 0 Å². The van der Waals surface area contributed by atoms with E-state index in [0.717, 1.165) is 15.4 Å². The Morgan fingerprint density at radius 3 is 2.45 bits per heavy atom. The topological polar surface area (TPSA) is 115 Å². The van der Waals surface area contributed by atoms with Crippen molar-refractivity contribution in [2.45, 2.75) is 20.1 Å². The molecule has 0 atom stereocenters. The predicted octanol–water partition coefficient (Wildman–Crippen LogP) is 2.89. The number of aromatic nitrogens is 2. The van der Waals surface area contributed by atoms with E-state index in [2.05, 4.69) is 14.5 Å². The summed E-state index contributed by atoms with van der Waals surface area (Å²) in [6, 6.07) is 18.2. The fraction of sp³-hybridized carbons (Fsp3) is 0.143. The van der Waals surface area contributed by atoms with Crippen LogP contribution in [0.25, 0.3) is 11.5 Å². The maximum Gasteiger partial charge on any atom is 0.344 e. The molecule has 3 aromatic rings. The lowest BCUT2D eigenvalue weighted by atomic mass is 10.2. The Morgan fingerprint density at radius 2 is 1.74 bits per heavy atom. The van der Waals surface area contributed by atoms with Crippen molar-refractivity contribution in [3.05, 3.63) is 83.8 Å². The second-order valence-corrected chi connectivity index (χ2v) is 8.23. The van der Waals surface area contributed by atoms with Crippen LogP contribution >= 0.6 is 0 Å². The molecule has 1 aliphatic rings. The number of esters is 1. The predicted molar refractivity (Wildman–Crippen MR) is 112 cm³/mol. The summed E-state index contributed by atoms with van der Waals surface area (Å²) in [5.74, 6) is -0.242. The van der Waals surface area contributed by atoms with Crippen LogP contribution in [0.2, 0.25) is 0 Å². The van der Waals surface area contributed by atoms with Gasteiger partial charge in [-0.25, -0.2) is 4.79 Å². The molecule has 4 rings (SSSR count). The highest BCUT2D eigenvalue weighted by molar-refractivity contribution is 7.88. The van der Waals surface area contributed by atoms with Crippen LogP contribution in [0.15, 0.2) is 81.4 Å². The number of nitrogens with zero attached hydrogens (tertiary/aromatic N) is 4. The smallest absolute Gasteiger partial charge is 0.344 e. The summed E-state index contributed by atoms with van der Waals surface area (Å²) in [4.78, 5) is 16.8. The van der Waals surface area contributed by atoms with E-state index in [1.165, 1.54) is 13.1 Å². The molecule has 1 aliphatic heterocycles. The van der Waals surface area contributed by atoms with Gasteiger partial charge in [-0.1, -0.05) is 53.7 Å². The highest BCUT2D eigenvalue weighted by atomic mass is 32.2. The van der Waals surface area contributed by atoms with Crippen LogP contribution in [0.5, 0.6) is 0 Å². The minimum atomic E-state index is -3.93. The van der Waals surface area contributed by atoms with Gasteiger partial charge in [0.25, 0.3) is 5.89 Å². The van der Waals surface area contributed by atoms with E-state index in [4.69, 9.17) is 9.26 Å². The minimum absolute atomic E-state index is 0.0394. The van der Waals surface area contributed by atoms with Gasteiger partial charge in [-0.3, -0.25) is 4.31 Å². The van der Waals surface area contributed by atoms with Crippen LogP contribution in [0.3, 0.4) is 0 Å². The van der Waals surface area contributed by atoms with Gasteiger partial charge >= 0.3 is 16.2 Å². The zero-order valence-corrected chi connectivity index (χ0v) is 17.3. The molecule has 0 saturated heterocycles. The number of carbonyl (C=O) groups is 1. The fourth-order valence-electron chi connectivity index (χ4n) is 2.89. The summed E-state index contributed by atoms with van der Waals surface area (Å²) in [7, 11) is -3.93. The Labute approximate surface area is 178 Å². The first-order chi connectivity index (χ1) is 14.9. The molecule has 0 amide bonds. The first-order valence-corrected chi connectivity index (χ1v) is 10.7. The number of rotatable bonds is 6. The third-order valence-corrected chi connectivity index (χ3v) is 5.77. The Bertz CT molecular complexity index is 1250. The normalized spacial score (nSPS) is 15.2. The van der Waals surface area contributed by atoms with Gasteiger partial charge < -0.3 is 9.26 Å². The summed E-state index contributed by atoms with van der Waals surface area (Å²) >= 11 is 0. The summed E-state index contributed by atoms with van der Waals surface area (Å²) in [6.07, 6.45) is 1.23. The summed E-state index contributed by atoms with van der Waals surface area (Å²) in [5.41, 5.74) is 1.59. The molecule has 0 radical (unpaired) electrons. The lowest BCUT2D eigenvalue weighted by Crippen LogP contribution is -2.31. The Morgan fingerprint density at radius 1 is 1.06 bits per heavy atom. The van der Waals surface area contributed by atoms with Gasteiger partial charge in [0.2, 0.25) is 5.82 Å². The van der Waals surface area contributed by atoms with Crippen LogP contribution in [-0.4, -0.2) is 34.5 Å². The first-order valence-electron chi connectivity index (χ1n) is 9.32. The van der Waals surface area contributed by atoms with Gasteiger partial charge in [-0.2, -0.15) is 13.4 Å². The number of hydrogen-bond acceptors (Lipinski definition) is 7. The highest BCUT2D eigenvalue weighted by Crippen LogP contribution is 2.21. The van der Waals surface area contributed by atoms with Crippen molar-refractivity contribution in [1.29, 1.82) is 0 Å². The van der Waals surface area contributed by atoms with Gasteiger partial charge in [0, 0.05) is 11.8 Å².